The zero-order chi connectivity index (χ0) is 15.4. The molecule has 2 rings (SSSR count). The molecule has 0 spiro atoms. The number of benzene rings is 1. The number of nitrogens with one attached hydrogen (secondary N) is 1. The van der Waals surface area contributed by atoms with E-state index >= 15 is 0 Å². The zero-order valence-corrected chi connectivity index (χ0v) is 13.2. The number of ether oxygens (including phenoxy) is 1. The summed E-state index contributed by atoms with van der Waals surface area (Å²) in [5.74, 6) is 1.57. The van der Waals surface area contributed by atoms with Gasteiger partial charge in [-0.3, -0.25) is 10.1 Å². The summed E-state index contributed by atoms with van der Waals surface area (Å²) < 4.78 is 11.4. The SMILES string of the molecule is COCC(Nc1ccc([N+](=O)[O-])cc1Br)c1ccc(C)o1. The van der Waals surface area contributed by atoms with Gasteiger partial charge < -0.3 is 14.5 Å². The lowest BCUT2D eigenvalue weighted by atomic mass is 10.2. The largest absolute Gasteiger partial charge is 0.464 e. The van der Waals surface area contributed by atoms with E-state index in [1.165, 1.54) is 12.1 Å². The number of rotatable bonds is 6. The van der Waals surface area contributed by atoms with Crippen LogP contribution in [0.4, 0.5) is 11.4 Å². The average molecular weight is 355 g/mol. The van der Waals surface area contributed by atoms with Crippen molar-refractivity contribution in [3.05, 3.63) is 56.4 Å². The number of nitro benzene ring substituents is 1. The van der Waals surface area contributed by atoms with Gasteiger partial charge in [-0.1, -0.05) is 0 Å². The first-order valence-electron chi connectivity index (χ1n) is 6.27. The van der Waals surface area contributed by atoms with E-state index in [1.54, 1.807) is 13.2 Å². The number of nitrogens with zero attached hydrogens (tertiary/aromatic N) is 1. The van der Waals surface area contributed by atoms with Crippen LogP contribution >= 0.6 is 15.9 Å². The second kappa shape index (κ2) is 6.73. The third kappa shape index (κ3) is 3.83. The molecule has 1 unspecified atom stereocenters. The lowest BCUT2D eigenvalue weighted by Crippen LogP contribution is -2.16. The first-order valence-corrected chi connectivity index (χ1v) is 7.06. The number of methoxy groups -OCH3 is 1. The molecule has 1 N–H and O–H groups in total. The van der Waals surface area contributed by atoms with Crippen LogP contribution in [0, 0.1) is 17.0 Å². The Labute approximate surface area is 130 Å². The number of nitro groups is 1. The Morgan fingerprint density at radius 3 is 2.71 bits per heavy atom. The number of hydrogen-bond acceptors (Lipinski definition) is 5. The monoisotopic (exact) mass is 354 g/mol. The van der Waals surface area contributed by atoms with Gasteiger partial charge in [-0.2, -0.15) is 0 Å². The molecule has 6 nitrogen and oxygen atoms in total. The average Bonchev–Trinajstić information content (AvgIpc) is 2.86. The number of aryl methyl sites for hydroxylation is 1. The summed E-state index contributed by atoms with van der Waals surface area (Å²) >= 11 is 3.33. The minimum atomic E-state index is -0.433. The van der Waals surface area contributed by atoms with Gasteiger partial charge in [0, 0.05) is 29.4 Å². The van der Waals surface area contributed by atoms with Crippen molar-refractivity contribution < 1.29 is 14.1 Å². The van der Waals surface area contributed by atoms with Gasteiger partial charge in [-0.05, 0) is 41.1 Å². The Morgan fingerprint density at radius 2 is 2.19 bits per heavy atom. The predicted octanol–water partition coefficient (Wildman–Crippen LogP) is 4.06. The molecule has 2 aromatic rings. The molecule has 112 valence electrons. The molecule has 0 aliphatic carbocycles. The highest BCUT2D eigenvalue weighted by Crippen LogP contribution is 2.30. The molecule has 7 heteroatoms. The molecule has 0 bridgehead atoms. The van der Waals surface area contributed by atoms with Crippen LogP contribution in [-0.4, -0.2) is 18.6 Å². The summed E-state index contributed by atoms with van der Waals surface area (Å²) in [6.45, 7) is 2.28. The molecule has 1 aromatic carbocycles. The maximum Gasteiger partial charge on any atom is 0.270 e. The van der Waals surface area contributed by atoms with Crippen molar-refractivity contribution >= 4 is 27.3 Å². The molecular formula is C14H15BrN2O4. The molecule has 0 amide bonds. The van der Waals surface area contributed by atoms with Crippen LogP contribution < -0.4 is 5.32 Å². The van der Waals surface area contributed by atoms with Crippen molar-refractivity contribution in [1.82, 2.24) is 0 Å². The van der Waals surface area contributed by atoms with E-state index in [1.807, 2.05) is 19.1 Å². The van der Waals surface area contributed by atoms with Crippen molar-refractivity contribution in [2.24, 2.45) is 0 Å². The summed E-state index contributed by atoms with van der Waals surface area (Å²) in [5.41, 5.74) is 0.765. The third-order valence-electron chi connectivity index (χ3n) is 2.93. The van der Waals surface area contributed by atoms with E-state index in [9.17, 15) is 10.1 Å². The minimum Gasteiger partial charge on any atom is -0.464 e. The number of furan rings is 1. The fourth-order valence-corrected chi connectivity index (χ4v) is 2.41. The molecule has 0 radical (unpaired) electrons. The maximum atomic E-state index is 10.7. The van der Waals surface area contributed by atoms with Crippen molar-refractivity contribution in [3.8, 4) is 0 Å². The molecule has 0 aliphatic rings. The van der Waals surface area contributed by atoms with Gasteiger partial charge in [0.05, 0.1) is 11.5 Å². The van der Waals surface area contributed by atoms with Crippen LogP contribution in [0.1, 0.15) is 17.6 Å². The second-order valence-electron chi connectivity index (χ2n) is 4.52. The van der Waals surface area contributed by atoms with E-state index in [2.05, 4.69) is 21.2 Å². The van der Waals surface area contributed by atoms with Crippen LogP contribution in [-0.2, 0) is 4.74 Å². The molecule has 1 aromatic heterocycles. The van der Waals surface area contributed by atoms with E-state index in [0.717, 1.165) is 17.2 Å². The van der Waals surface area contributed by atoms with Crippen molar-refractivity contribution in [2.45, 2.75) is 13.0 Å². The smallest absolute Gasteiger partial charge is 0.270 e. The molecule has 1 heterocycles. The summed E-state index contributed by atoms with van der Waals surface area (Å²) in [6.07, 6.45) is 0. The summed E-state index contributed by atoms with van der Waals surface area (Å²) in [7, 11) is 1.61. The standard InChI is InChI=1S/C14H15BrN2O4/c1-9-3-6-14(21-9)13(8-20-2)16-12-5-4-10(17(18)19)7-11(12)15/h3-7,13,16H,8H2,1-2H3. The van der Waals surface area contributed by atoms with Gasteiger partial charge in [0.25, 0.3) is 5.69 Å². The highest BCUT2D eigenvalue weighted by molar-refractivity contribution is 9.10. The third-order valence-corrected chi connectivity index (χ3v) is 3.59. The Hall–Kier alpha value is -1.86. The molecular weight excluding hydrogens is 340 g/mol. The van der Waals surface area contributed by atoms with E-state index < -0.39 is 4.92 Å². The first-order chi connectivity index (χ1) is 10.0. The van der Waals surface area contributed by atoms with Crippen molar-refractivity contribution in [2.75, 3.05) is 19.0 Å². The number of non-ortho nitro benzene ring substituents is 1. The van der Waals surface area contributed by atoms with Gasteiger partial charge in [0.1, 0.15) is 17.6 Å². The lowest BCUT2D eigenvalue weighted by molar-refractivity contribution is -0.384. The number of hydrogen-bond donors (Lipinski definition) is 1. The normalized spacial score (nSPS) is 12.1. The minimum absolute atomic E-state index is 0.0320. The Balaban J connectivity index is 2.23. The van der Waals surface area contributed by atoms with Gasteiger partial charge in [-0.25, -0.2) is 0 Å². The quantitative estimate of drug-likeness (QED) is 0.625. The van der Waals surface area contributed by atoms with Crippen LogP contribution in [0.25, 0.3) is 0 Å². The molecule has 0 saturated carbocycles. The van der Waals surface area contributed by atoms with Crippen LogP contribution in [0.2, 0.25) is 0 Å². The fraction of sp³-hybridized carbons (Fsp3) is 0.286. The Bertz CT molecular complexity index is 642. The summed E-state index contributed by atoms with van der Waals surface area (Å²) in [4.78, 5) is 10.3. The van der Waals surface area contributed by atoms with Crippen LogP contribution in [0.15, 0.2) is 39.2 Å². The van der Waals surface area contributed by atoms with E-state index in [-0.39, 0.29) is 11.7 Å². The maximum absolute atomic E-state index is 10.7. The van der Waals surface area contributed by atoms with Gasteiger partial charge in [0.2, 0.25) is 0 Å². The predicted molar refractivity (Wildman–Crippen MR) is 82.5 cm³/mol. The summed E-state index contributed by atoms with van der Waals surface area (Å²) in [5, 5.41) is 14.0. The Kier molecular flexibility index (Phi) is 4.98. The number of anilines is 1. The molecule has 0 fully saturated rings. The van der Waals surface area contributed by atoms with Gasteiger partial charge in [-0.15, -0.1) is 0 Å². The van der Waals surface area contributed by atoms with Crippen molar-refractivity contribution in [3.63, 3.8) is 0 Å². The van der Waals surface area contributed by atoms with Crippen LogP contribution in [0.5, 0.6) is 0 Å². The topological polar surface area (TPSA) is 77.5 Å². The molecule has 0 aliphatic heterocycles. The molecule has 0 saturated heterocycles. The highest BCUT2D eigenvalue weighted by atomic mass is 79.9. The van der Waals surface area contributed by atoms with Gasteiger partial charge in [0.15, 0.2) is 0 Å². The van der Waals surface area contributed by atoms with Crippen LogP contribution in [0.3, 0.4) is 0 Å². The molecule has 1 atom stereocenters. The lowest BCUT2D eigenvalue weighted by Gasteiger charge is -2.18. The van der Waals surface area contributed by atoms with E-state index in [4.69, 9.17) is 9.15 Å². The van der Waals surface area contributed by atoms with Crippen molar-refractivity contribution in [1.29, 1.82) is 0 Å². The zero-order valence-electron chi connectivity index (χ0n) is 11.6. The fourth-order valence-electron chi connectivity index (χ4n) is 1.92. The first kappa shape index (κ1) is 15.5. The highest BCUT2D eigenvalue weighted by Gasteiger charge is 2.17. The summed E-state index contributed by atoms with van der Waals surface area (Å²) in [6, 6.07) is 8.14. The second-order valence-corrected chi connectivity index (χ2v) is 5.38. The Morgan fingerprint density at radius 1 is 1.43 bits per heavy atom. The van der Waals surface area contributed by atoms with E-state index in [0.29, 0.717) is 11.1 Å². The molecule has 21 heavy (non-hydrogen) atoms. The van der Waals surface area contributed by atoms with Gasteiger partial charge >= 0.3 is 0 Å². The number of halogens is 1.